The zero-order chi connectivity index (χ0) is 14.5. The monoisotopic (exact) mass is 270 g/mol. The molecule has 0 aliphatic carbocycles. The molecule has 1 aromatic heterocycles. The first-order valence-corrected chi connectivity index (χ1v) is 6.63. The van der Waals surface area contributed by atoms with Gasteiger partial charge in [-0.25, -0.2) is 0 Å². The minimum Gasteiger partial charge on any atom is -0.336 e. The van der Waals surface area contributed by atoms with Crippen molar-refractivity contribution in [2.45, 2.75) is 20.4 Å². The molecule has 0 aliphatic heterocycles. The highest BCUT2D eigenvalue weighted by molar-refractivity contribution is 5.93. The Labute approximate surface area is 118 Å². The van der Waals surface area contributed by atoms with Crippen molar-refractivity contribution in [1.82, 2.24) is 4.57 Å². The third-order valence-electron chi connectivity index (χ3n) is 3.22. The van der Waals surface area contributed by atoms with E-state index in [4.69, 9.17) is 0 Å². The van der Waals surface area contributed by atoms with E-state index in [2.05, 4.69) is 0 Å². The van der Waals surface area contributed by atoms with Crippen LogP contribution in [0.15, 0.2) is 42.6 Å². The van der Waals surface area contributed by atoms with Crippen LogP contribution in [0.1, 0.15) is 23.0 Å². The number of carbonyl (C=O) groups is 2. The fourth-order valence-corrected chi connectivity index (χ4v) is 2.21. The van der Waals surface area contributed by atoms with Crippen LogP contribution in [-0.2, 0) is 11.3 Å². The molecule has 0 atom stereocenters. The maximum atomic E-state index is 12.4. The van der Waals surface area contributed by atoms with Gasteiger partial charge in [-0.1, -0.05) is 12.1 Å². The van der Waals surface area contributed by atoms with Gasteiger partial charge in [-0.2, -0.15) is 0 Å². The number of nitrogens with zero attached hydrogens (tertiary/aromatic N) is 2. The smallest absolute Gasteiger partial charge is 0.246 e. The molecular weight excluding hydrogens is 252 g/mol. The molecule has 0 aliphatic rings. The van der Waals surface area contributed by atoms with Crippen molar-refractivity contribution < 1.29 is 9.59 Å². The molecule has 1 aromatic carbocycles. The van der Waals surface area contributed by atoms with Gasteiger partial charge in [-0.3, -0.25) is 9.59 Å². The van der Waals surface area contributed by atoms with Crippen LogP contribution >= 0.6 is 0 Å². The van der Waals surface area contributed by atoms with Crippen LogP contribution in [0, 0.1) is 6.92 Å². The maximum absolute atomic E-state index is 12.4. The van der Waals surface area contributed by atoms with Crippen molar-refractivity contribution >= 4 is 17.9 Å². The summed E-state index contributed by atoms with van der Waals surface area (Å²) in [5.74, 6) is -0.0302. The maximum Gasteiger partial charge on any atom is 0.246 e. The molecule has 0 unspecified atom stereocenters. The van der Waals surface area contributed by atoms with Crippen LogP contribution in [0.4, 0.5) is 5.69 Å². The molecule has 104 valence electrons. The van der Waals surface area contributed by atoms with E-state index in [1.165, 1.54) is 0 Å². The van der Waals surface area contributed by atoms with Crippen molar-refractivity contribution in [3.05, 3.63) is 53.9 Å². The average Bonchev–Trinajstić information content (AvgIpc) is 2.87. The summed E-state index contributed by atoms with van der Waals surface area (Å²) in [7, 11) is 0. The largest absolute Gasteiger partial charge is 0.336 e. The molecule has 0 radical (unpaired) electrons. The summed E-state index contributed by atoms with van der Waals surface area (Å²) in [6.07, 6.45) is 2.50. The number of benzene rings is 1. The molecule has 0 N–H and O–H groups in total. The van der Waals surface area contributed by atoms with Gasteiger partial charge in [0.2, 0.25) is 5.91 Å². The third kappa shape index (κ3) is 2.96. The predicted octanol–water partition coefficient (Wildman–Crippen LogP) is 2.66. The molecule has 0 spiro atoms. The molecule has 1 amide bonds. The molecule has 4 nitrogen and oxygen atoms in total. The van der Waals surface area contributed by atoms with Gasteiger partial charge in [0, 0.05) is 18.4 Å². The van der Waals surface area contributed by atoms with E-state index in [0.29, 0.717) is 12.2 Å². The summed E-state index contributed by atoms with van der Waals surface area (Å²) >= 11 is 0. The van der Waals surface area contributed by atoms with Gasteiger partial charge in [-0.15, -0.1) is 0 Å². The lowest BCUT2D eigenvalue weighted by Gasteiger charge is -2.22. The topological polar surface area (TPSA) is 42.3 Å². The highest BCUT2D eigenvalue weighted by atomic mass is 16.2. The first-order valence-electron chi connectivity index (χ1n) is 6.63. The molecule has 0 fully saturated rings. The van der Waals surface area contributed by atoms with E-state index < -0.39 is 0 Å². The molecule has 1 heterocycles. The minimum absolute atomic E-state index is 0.0302. The lowest BCUT2D eigenvalue weighted by Crippen LogP contribution is -2.33. The summed E-state index contributed by atoms with van der Waals surface area (Å²) < 4.78 is 1.66. The zero-order valence-corrected chi connectivity index (χ0v) is 11.7. The van der Waals surface area contributed by atoms with Gasteiger partial charge in [0.25, 0.3) is 0 Å². The van der Waals surface area contributed by atoms with Gasteiger partial charge in [0.05, 0.1) is 5.69 Å². The fourth-order valence-electron chi connectivity index (χ4n) is 2.21. The van der Waals surface area contributed by atoms with Gasteiger partial charge >= 0.3 is 0 Å². The number of aldehydes is 1. The van der Waals surface area contributed by atoms with Crippen LogP contribution in [0.3, 0.4) is 0 Å². The molecule has 2 aromatic rings. The Morgan fingerprint density at radius 1 is 1.30 bits per heavy atom. The molecule has 2 rings (SSSR count). The summed E-state index contributed by atoms with van der Waals surface area (Å²) in [5, 5.41) is 0. The summed E-state index contributed by atoms with van der Waals surface area (Å²) in [4.78, 5) is 25.0. The SMILES string of the molecule is CCN(C(=O)Cn1cccc1C=O)c1cccc(C)c1. The number of amides is 1. The van der Waals surface area contributed by atoms with Gasteiger partial charge in [-0.05, 0) is 43.7 Å². The first-order chi connectivity index (χ1) is 9.65. The van der Waals surface area contributed by atoms with Crippen LogP contribution in [0.5, 0.6) is 0 Å². The van der Waals surface area contributed by atoms with E-state index in [1.54, 1.807) is 27.8 Å². The fraction of sp³-hybridized carbons (Fsp3) is 0.250. The number of hydrogen-bond donors (Lipinski definition) is 0. The van der Waals surface area contributed by atoms with Crippen LogP contribution < -0.4 is 4.90 Å². The Morgan fingerprint density at radius 2 is 2.10 bits per heavy atom. The average molecular weight is 270 g/mol. The standard InChI is InChI=1S/C16H18N2O2/c1-3-18(14-7-4-6-13(2)10-14)16(20)11-17-9-5-8-15(17)12-19/h4-10,12H,3,11H2,1-2H3. The quantitative estimate of drug-likeness (QED) is 0.784. The van der Waals surface area contributed by atoms with E-state index in [0.717, 1.165) is 17.5 Å². The van der Waals surface area contributed by atoms with E-state index in [-0.39, 0.29) is 12.5 Å². The summed E-state index contributed by atoms with van der Waals surface area (Å²) in [6.45, 7) is 4.71. The highest BCUT2D eigenvalue weighted by Gasteiger charge is 2.15. The second-order valence-electron chi connectivity index (χ2n) is 4.66. The predicted molar refractivity (Wildman–Crippen MR) is 79.0 cm³/mol. The molecule has 4 heteroatoms. The van der Waals surface area contributed by atoms with Crippen molar-refractivity contribution in [3.63, 3.8) is 0 Å². The Hall–Kier alpha value is -2.36. The lowest BCUT2D eigenvalue weighted by atomic mass is 10.2. The molecular formula is C16H18N2O2. The Kier molecular flexibility index (Phi) is 4.35. The van der Waals surface area contributed by atoms with Crippen molar-refractivity contribution in [2.75, 3.05) is 11.4 Å². The van der Waals surface area contributed by atoms with Crippen LogP contribution in [0.2, 0.25) is 0 Å². The van der Waals surface area contributed by atoms with Gasteiger partial charge in [0.15, 0.2) is 6.29 Å². The van der Waals surface area contributed by atoms with Crippen molar-refractivity contribution in [2.24, 2.45) is 0 Å². The van der Waals surface area contributed by atoms with E-state index in [9.17, 15) is 9.59 Å². The van der Waals surface area contributed by atoms with Crippen LogP contribution in [-0.4, -0.2) is 23.3 Å². The number of likely N-dealkylation sites (N-methyl/N-ethyl adjacent to an activating group) is 1. The van der Waals surface area contributed by atoms with Crippen molar-refractivity contribution in [3.8, 4) is 0 Å². The third-order valence-corrected chi connectivity index (χ3v) is 3.22. The van der Waals surface area contributed by atoms with Crippen molar-refractivity contribution in [1.29, 1.82) is 0 Å². The second-order valence-corrected chi connectivity index (χ2v) is 4.66. The first kappa shape index (κ1) is 14.1. The number of aryl methyl sites for hydroxylation is 1. The molecule has 20 heavy (non-hydrogen) atoms. The number of anilines is 1. The molecule has 0 saturated heterocycles. The normalized spacial score (nSPS) is 10.3. The highest BCUT2D eigenvalue weighted by Crippen LogP contribution is 2.16. The van der Waals surface area contributed by atoms with Gasteiger partial charge in [0.1, 0.15) is 6.54 Å². The number of aromatic nitrogens is 1. The van der Waals surface area contributed by atoms with E-state index in [1.807, 2.05) is 38.1 Å². The molecule has 0 saturated carbocycles. The Balaban J connectivity index is 2.20. The number of hydrogen-bond acceptors (Lipinski definition) is 2. The van der Waals surface area contributed by atoms with Gasteiger partial charge < -0.3 is 9.47 Å². The van der Waals surface area contributed by atoms with Crippen LogP contribution in [0.25, 0.3) is 0 Å². The molecule has 0 bridgehead atoms. The Morgan fingerprint density at radius 3 is 2.75 bits per heavy atom. The summed E-state index contributed by atoms with van der Waals surface area (Å²) in [5.41, 5.74) is 2.51. The minimum atomic E-state index is -0.0302. The number of rotatable bonds is 5. The zero-order valence-electron chi connectivity index (χ0n) is 11.7. The van der Waals surface area contributed by atoms with E-state index >= 15 is 0 Å². The second kappa shape index (κ2) is 6.19. The summed E-state index contributed by atoms with van der Waals surface area (Å²) in [6, 6.07) is 11.3. The number of carbonyl (C=O) groups excluding carboxylic acids is 2. The lowest BCUT2D eigenvalue weighted by molar-refractivity contribution is -0.119. The Bertz CT molecular complexity index is 616.